The summed E-state index contributed by atoms with van der Waals surface area (Å²) in [6.45, 7) is 1.90. The van der Waals surface area contributed by atoms with Crippen molar-refractivity contribution in [3.8, 4) is 11.3 Å². The minimum absolute atomic E-state index is 0.0930. The predicted octanol–water partition coefficient (Wildman–Crippen LogP) is 3.31. The number of hydrogen-bond donors (Lipinski definition) is 2. The number of thioether (sulfide) groups is 1. The van der Waals surface area contributed by atoms with Crippen LogP contribution in [0.25, 0.3) is 11.3 Å². The molecule has 2 N–H and O–H groups in total. The number of nitrogens with zero attached hydrogens (tertiary/aromatic N) is 2. The molecule has 0 radical (unpaired) electrons. The summed E-state index contributed by atoms with van der Waals surface area (Å²) in [5.74, 6) is -0.257. The highest BCUT2D eigenvalue weighted by Crippen LogP contribution is 2.21. The molecule has 1 heterocycles. The molecule has 1 aliphatic rings. The van der Waals surface area contributed by atoms with Crippen LogP contribution < -0.4 is 10.6 Å². The van der Waals surface area contributed by atoms with Crippen LogP contribution in [0.2, 0.25) is 0 Å². The Kier molecular flexibility index (Phi) is 6.22. The zero-order chi connectivity index (χ0) is 18.4. The molecular weight excluding hydrogens is 348 g/mol. The van der Waals surface area contributed by atoms with Gasteiger partial charge in [0.05, 0.1) is 11.4 Å². The second-order valence-corrected chi connectivity index (χ2v) is 7.28. The Labute approximate surface area is 157 Å². The first kappa shape index (κ1) is 18.4. The van der Waals surface area contributed by atoms with Gasteiger partial charge in [-0.05, 0) is 25.8 Å². The van der Waals surface area contributed by atoms with Crippen LogP contribution >= 0.6 is 11.8 Å². The summed E-state index contributed by atoms with van der Waals surface area (Å²) in [4.78, 5) is 32.7. The number of aromatic nitrogens is 2. The van der Waals surface area contributed by atoms with Crippen LogP contribution in [-0.4, -0.2) is 33.7 Å². The van der Waals surface area contributed by atoms with Crippen molar-refractivity contribution in [2.24, 2.45) is 0 Å². The van der Waals surface area contributed by atoms with E-state index in [1.165, 1.54) is 11.8 Å². The third-order valence-electron chi connectivity index (χ3n) is 4.18. The van der Waals surface area contributed by atoms with Gasteiger partial charge in [0, 0.05) is 17.3 Å². The van der Waals surface area contributed by atoms with Crippen molar-refractivity contribution < 1.29 is 9.59 Å². The maximum absolute atomic E-state index is 12.0. The van der Waals surface area contributed by atoms with Gasteiger partial charge in [-0.25, -0.2) is 14.8 Å². The minimum atomic E-state index is -0.419. The van der Waals surface area contributed by atoms with Crippen LogP contribution in [0.15, 0.2) is 41.6 Å². The van der Waals surface area contributed by atoms with Gasteiger partial charge >= 0.3 is 6.03 Å². The summed E-state index contributed by atoms with van der Waals surface area (Å²) in [5.41, 5.74) is 2.65. The van der Waals surface area contributed by atoms with Crippen LogP contribution in [0.4, 0.5) is 4.79 Å². The highest BCUT2D eigenvalue weighted by Gasteiger charge is 2.18. The molecule has 6 nitrogen and oxygen atoms in total. The predicted molar refractivity (Wildman–Crippen MR) is 102 cm³/mol. The Balaban J connectivity index is 1.54. The molecule has 0 unspecified atom stereocenters. The number of aryl methyl sites for hydroxylation is 1. The van der Waals surface area contributed by atoms with Crippen LogP contribution in [-0.2, 0) is 4.79 Å². The van der Waals surface area contributed by atoms with Gasteiger partial charge in [0.25, 0.3) is 0 Å². The second-order valence-electron chi connectivity index (χ2n) is 6.33. The van der Waals surface area contributed by atoms with Crippen molar-refractivity contribution in [2.75, 3.05) is 5.75 Å². The number of rotatable bonds is 5. The van der Waals surface area contributed by atoms with Crippen molar-refractivity contribution in [1.82, 2.24) is 20.6 Å². The van der Waals surface area contributed by atoms with E-state index >= 15 is 0 Å². The summed E-state index contributed by atoms with van der Waals surface area (Å²) < 4.78 is 0. The van der Waals surface area contributed by atoms with Crippen molar-refractivity contribution in [2.45, 2.75) is 43.8 Å². The van der Waals surface area contributed by atoms with Crippen LogP contribution in [0.5, 0.6) is 0 Å². The number of hydrogen-bond acceptors (Lipinski definition) is 5. The molecule has 136 valence electrons. The van der Waals surface area contributed by atoms with Gasteiger partial charge in [-0.3, -0.25) is 10.1 Å². The lowest BCUT2D eigenvalue weighted by molar-refractivity contribution is -0.117. The summed E-state index contributed by atoms with van der Waals surface area (Å²) in [5, 5.41) is 5.73. The zero-order valence-electron chi connectivity index (χ0n) is 14.7. The summed E-state index contributed by atoms with van der Waals surface area (Å²) in [6.07, 6.45) is 4.22. The molecule has 1 saturated carbocycles. The number of carbonyl (C=O) groups excluding carboxylic acids is 2. The van der Waals surface area contributed by atoms with Gasteiger partial charge < -0.3 is 5.32 Å². The van der Waals surface area contributed by atoms with E-state index in [1.54, 1.807) is 0 Å². The molecule has 0 spiro atoms. The van der Waals surface area contributed by atoms with E-state index in [4.69, 9.17) is 0 Å². The highest BCUT2D eigenvalue weighted by atomic mass is 32.2. The molecule has 3 rings (SSSR count). The average Bonchev–Trinajstić information content (AvgIpc) is 3.13. The van der Waals surface area contributed by atoms with E-state index in [0.717, 1.165) is 42.6 Å². The Morgan fingerprint density at radius 2 is 1.88 bits per heavy atom. The molecule has 1 aliphatic carbocycles. The van der Waals surface area contributed by atoms with E-state index in [0.29, 0.717) is 5.16 Å². The fraction of sp³-hybridized carbons (Fsp3) is 0.368. The Hall–Kier alpha value is -2.41. The topological polar surface area (TPSA) is 84.0 Å². The highest BCUT2D eigenvalue weighted by molar-refractivity contribution is 7.99. The fourth-order valence-electron chi connectivity index (χ4n) is 2.95. The quantitative estimate of drug-likeness (QED) is 0.623. The molecule has 2 aromatic rings. The van der Waals surface area contributed by atoms with E-state index in [1.807, 2.05) is 43.3 Å². The van der Waals surface area contributed by atoms with Crippen molar-refractivity contribution in [3.05, 3.63) is 42.1 Å². The summed E-state index contributed by atoms with van der Waals surface area (Å²) in [6, 6.07) is 11.5. The third-order valence-corrected chi connectivity index (χ3v) is 5.03. The van der Waals surface area contributed by atoms with E-state index < -0.39 is 6.03 Å². The third kappa shape index (κ3) is 5.29. The number of imide groups is 1. The number of benzene rings is 1. The zero-order valence-corrected chi connectivity index (χ0v) is 15.5. The van der Waals surface area contributed by atoms with E-state index in [-0.39, 0.29) is 17.7 Å². The second kappa shape index (κ2) is 8.80. The monoisotopic (exact) mass is 370 g/mol. The van der Waals surface area contributed by atoms with E-state index in [2.05, 4.69) is 20.6 Å². The largest absolute Gasteiger partial charge is 0.335 e. The maximum atomic E-state index is 12.0. The Bertz CT molecular complexity index is 776. The van der Waals surface area contributed by atoms with Gasteiger partial charge in [0.2, 0.25) is 5.91 Å². The maximum Gasteiger partial charge on any atom is 0.321 e. The molecule has 0 saturated heterocycles. The number of nitrogens with one attached hydrogen (secondary N) is 2. The van der Waals surface area contributed by atoms with Crippen LogP contribution in [0, 0.1) is 6.92 Å². The molecule has 26 heavy (non-hydrogen) atoms. The number of urea groups is 1. The SMILES string of the molecule is Cc1cc(-c2ccccc2)nc(SCC(=O)NC(=O)NC2CCCC2)n1. The lowest BCUT2D eigenvalue weighted by Crippen LogP contribution is -2.44. The van der Waals surface area contributed by atoms with Crippen LogP contribution in [0.1, 0.15) is 31.4 Å². The lowest BCUT2D eigenvalue weighted by atomic mass is 10.1. The average molecular weight is 370 g/mol. The Morgan fingerprint density at radius 1 is 1.15 bits per heavy atom. The molecule has 3 amide bonds. The van der Waals surface area contributed by atoms with Gasteiger partial charge in [-0.15, -0.1) is 0 Å². The molecule has 1 aromatic carbocycles. The standard InChI is InChI=1S/C19H22N4O2S/c1-13-11-16(14-7-3-2-4-8-14)22-19(20-13)26-12-17(24)23-18(25)21-15-9-5-6-10-15/h2-4,7-8,11,15H,5-6,9-10,12H2,1H3,(H2,21,23,24,25). The fourth-order valence-corrected chi connectivity index (χ4v) is 3.65. The molecule has 1 aromatic heterocycles. The first-order chi connectivity index (χ1) is 12.6. The lowest BCUT2D eigenvalue weighted by Gasteiger charge is -2.12. The minimum Gasteiger partial charge on any atom is -0.335 e. The van der Waals surface area contributed by atoms with Crippen LogP contribution in [0.3, 0.4) is 0 Å². The van der Waals surface area contributed by atoms with Crippen molar-refractivity contribution in [3.63, 3.8) is 0 Å². The summed E-state index contributed by atoms with van der Waals surface area (Å²) >= 11 is 1.22. The smallest absolute Gasteiger partial charge is 0.321 e. The van der Waals surface area contributed by atoms with Gasteiger partial charge in [-0.1, -0.05) is 54.9 Å². The van der Waals surface area contributed by atoms with Gasteiger partial charge in [0.1, 0.15) is 0 Å². The first-order valence-electron chi connectivity index (χ1n) is 8.74. The van der Waals surface area contributed by atoms with Crippen molar-refractivity contribution >= 4 is 23.7 Å². The first-order valence-corrected chi connectivity index (χ1v) is 9.73. The number of amides is 3. The molecule has 0 atom stereocenters. The van der Waals surface area contributed by atoms with E-state index in [9.17, 15) is 9.59 Å². The van der Waals surface area contributed by atoms with Gasteiger partial charge in [-0.2, -0.15) is 0 Å². The van der Waals surface area contributed by atoms with Gasteiger partial charge in [0.15, 0.2) is 5.16 Å². The summed E-state index contributed by atoms with van der Waals surface area (Å²) in [7, 11) is 0. The Morgan fingerprint density at radius 3 is 2.62 bits per heavy atom. The molecule has 0 bridgehead atoms. The number of carbonyl (C=O) groups is 2. The molecule has 0 aliphatic heterocycles. The normalized spacial score (nSPS) is 14.2. The molecular formula is C19H22N4O2S. The van der Waals surface area contributed by atoms with Crippen molar-refractivity contribution in [1.29, 1.82) is 0 Å². The molecule has 1 fully saturated rings. The molecule has 7 heteroatoms.